The Hall–Kier alpha value is -1.67. The van der Waals surface area contributed by atoms with E-state index in [1.807, 2.05) is 25.1 Å². The van der Waals surface area contributed by atoms with E-state index in [1.165, 1.54) is 28.7 Å². The average Bonchev–Trinajstić information content (AvgIpc) is 2.98. The Morgan fingerprint density at radius 2 is 2.00 bits per heavy atom. The molecule has 8 heteroatoms. The van der Waals surface area contributed by atoms with E-state index in [2.05, 4.69) is 22.1 Å². The van der Waals surface area contributed by atoms with E-state index < -0.39 is 5.97 Å². The van der Waals surface area contributed by atoms with E-state index in [0.29, 0.717) is 32.0 Å². The Bertz CT molecular complexity index is 916. The SMILES string of the molecule is COCCOC(=O)c1sc2nc(SCc3ccccc3)nc(Cl)c2c1C. The third-order valence-corrected chi connectivity index (χ3v) is 6.00. The smallest absolute Gasteiger partial charge is 0.348 e. The van der Waals surface area contributed by atoms with Crippen LogP contribution in [0.15, 0.2) is 35.5 Å². The topological polar surface area (TPSA) is 61.3 Å². The van der Waals surface area contributed by atoms with Gasteiger partial charge in [0.1, 0.15) is 21.5 Å². The Balaban J connectivity index is 1.82. The minimum Gasteiger partial charge on any atom is -0.459 e. The largest absolute Gasteiger partial charge is 0.459 e. The number of carbonyl (C=O) groups excluding carboxylic acids is 1. The molecule has 26 heavy (non-hydrogen) atoms. The Morgan fingerprint density at radius 3 is 2.73 bits per heavy atom. The molecule has 0 radical (unpaired) electrons. The van der Waals surface area contributed by atoms with Gasteiger partial charge < -0.3 is 9.47 Å². The zero-order chi connectivity index (χ0) is 18.5. The summed E-state index contributed by atoms with van der Waals surface area (Å²) in [5.74, 6) is 0.357. The highest BCUT2D eigenvalue weighted by Gasteiger charge is 2.21. The van der Waals surface area contributed by atoms with Gasteiger partial charge in [0.05, 0.1) is 12.0 Å². The predicted octanol–water partition coefficient (Wildman–Crippen LogP) is 4.75. The first-order valence-electron chi connectivity index (χ1n) is 7.89. The number of methoxy groups -OCH3 is 1. The van der Waals surface area contributed by atoms with E-state index >= 15 is 0 Å². The van der Waals surface area contributed by atoms with E-state index in [9.17, 15) is 4.79 Å². The van der Waals surface area contributed by atoms with Gasteiger partial charge in [-0.2, -0.15) is 0 Å². The van der Waals surface area contributed by atoms with Gasteiger partial charge in [0.15, 0.2) is 5.16 Å². The van der Waals surface area contributed by atoms with Crippen molar-refractivity contribution in [1.29, 1.82) is 0 Å². The number of halogens is 1. The van der Waals surface area contributed by atoms with Crippen LogP contribution < -0.4 is 0 Å². The lowest BCUT2D eigenvalue weighted by Gasteiger charge is -2.03. The number of rotatable bonds is 7. The lowest BCUT2D eigenvalue weighted by Crippen LogP contribution is -2.09. The van der Waals surface area contributed by atoms with E-state index in [1.54, 1.807) is 7.11 Å². The van der Waals surface area contributed by atoms with Crippen LogP contribution in [0.25, 0.3) is 10.2 Å². The molecule has 0 unspecified atom stereocenters. The first kappa shape index (κ1) is 19.1. The Labute approximate surface area is 164 Å². The summed E-state index contributed by atoms with van der Waals surface area (Å²) in [6, 6.07) is 10.1. The van der Waals surface area contributed by atoms with Crippen molar-refractivity contribution in [3.63, 3.8) is 0 Å². The molecule has 0 amide bonds. The number of thiophene rings is 1. The first-order valence-corrected chi connectivity index (χ1v) is 10.1. The van der Waals surface area contributed by atoms with Crippen molar-refractivity contribution in [2.24, 2.45) is 0 Å². The first-order chi connectivity index (χ1) is 12.6. The van der Waals surface area contributed by atoms with E-state index in [-0.39, 0.29) is 6.61 Å². The Morgan fingerprint density at radius 1 is 1.23 bits per heavy atom. The van der Waals surface area contributed by atoms with Crippen molar-refractivity contribution in [2.75, 3.05) is 20.3 Å². The third kappa shape index (κ3) is 4.35. The van der Waals surface area contributed by atoms with Gasteiger partial charge in [-0.1, -0.05) is 53.7 Å². The average molecular weight is 409 g/mol. The number of hydrogen-bond acceptors (Lipinski definition) is 7. The van der Waals surface area contributed by atoms with Crippen molar-refractivity contribution >= 4 is 50.9 Å². The van der Waals surface area contributed by atoms with Crippen LogP contribution in [0, 0.1) is 6.92 Å². The molecule has 0 saturated carbocycles. The molecule has 3 aromatic rings. The van der Waals surface area contributed by atoms with Crippen LogP contribution in [0.2, 0.25) is 5.15 Å². The van der Waals surface area contributed by atoms with Gasteiger partial charge in [0.25, 0.3) is 0 Å². The van der Waals surface area contributed by atoms with E-state index in [4.69, 9.17) is 21.1 Å². The van der Waals surface area contributed by atoms with Gasteiger partial charge in [-0.25, -0.2) is 14.8 Å². The minimum atomic E-state index is -0.392. The number of ether oxygens (including phenoxy) is 2. The van der Waals surface area contributed by atoms with Crippen molar-refractivity contribution in [3.05, 3.63) is 51.5 Å². The molecule has 0 fully saturated rings. The van der Waals surface area contributed by atoms with E-state index in [0.717, 1.165) is 11.3 Å². The zero-order valence-corrected chi connectivity index (χ0v) is 16.7. The zero-order valence-electron chi connectivity index (χ0n) is 14.3. The molecular weight excluding hydrogens is 392 g/mol. The molecule has 0 aliphatic heterocycles. The fraction of sp³-hybridized carbons (Fsp3) is 0.278. The number of hydrogen-bond donors (Lipinski definition) is 0. The quantitative estimate of drug-likeness (QED) is 0.185. The molecule has 0 atom stereocenters. The van der Waals surface area contributed by atoms with Crippen LogP contribution in [0.4, 0.5) is 0 Å². The van der Waals surface area contributed by atoms with Crippen LogP contribution in [0.5, 0.6) is 0 Å². The van der Waals surface area contributed by atoms with Crippen LogP contribution in [-0.4, -0.2) is 36.3 Å². The number of benzene rings is 1. The maximum Gasteiger partial charge on any atom is 0.348 e. The summed E-state index contributed by atoms with van der Waals surface area (Å²) in [6.45, 7) is 2.40. The predicted molar refractivity (Wildman–Crippen MR) is 105 cm³/mol. The molecule has 0 aliphatic carbocycles. The van der Waals surface area contributed by atoms with Gasteiger partial charge in [0, 0.05) is 12.9 Å². The summed E-state index contributed by atoms with van der Waals surface area (Å²) in [5.41, 5.74) is 1.93. The summed E-state index contributed by atoms with van der Waals surface area (Å²) in [4.78, 5) is 22.4. The molecule has 1 aromatic carbocycles. The Kier molecular flexibility index (Phi) is 6.48. The fourth-order valence-electron chi connectivity index (χ4n) is 2.34. The van der Waals surface area contributed by atoms with Crippen molar-refractivity contribution < 1.29 is 14.3 Å². The standard InChI is InChI=1S/C18H17ClN2O3S2/c1-11-13-15(19)20-18(25-10-12-6-4-3-5-7-12)21-16(13)26-14(11)17(22)24-9-8-23-2/h3-7H,8-10H2,1-2H3. The van der Waals surface area contributed by atoms with Crippen LogP contribution in [0.3, 0.4) is 0 Å². The summed E-state index contributed by atoms with van der Waals surface area (Å²) in [5, 5.41) is 1.65. The number of fused-ring (bicyclic) bond motifs is 1. The number of carbonyl (C=O) groups is 1. The van der Waals surface area contributed by atoms with Gasteiger partial charge in [0.2, 0.25) is 0 Å². The van der Waals surface area contributed by atoms with Gasteiger partial charge in [-0.05, 0) is 18.1 Å². The molecule has 0 bridgehead atoms. The molecule has 0 N–H and O–H groups in total. The van der Waals surface area contributed by atoms with Crippen molar-refractivity contribution in [1.82, 2.24) is 9.97 Å². The van der Waals surface area contributed by atoms with Gasteiger partial charge in [-0.15, -0.1) is 11.3 Å². The van der Waals surface area contributed by atoms with Crippen molar-refractivity contribution in [2.45, 2.75) is 17.8 Å². The summed E-state index contributed by atoms with van der Waals surface area (Å²) in [6.07, 6.45) is 0. The maximum atomic E-state index is 12.3. The van der Waals surface area contributed by atoms with Crippen LogP contribution in [-0.2, 0) is 15.2 Å². The molecule has 3 rings (SSSR count). The summed E-state index contributed by atoms with van der Waals surface area (Å²) in [7, 11) is 1.56. The molecule has 0 saturated heterocycles. The highest BCUT2D eigenvalue weighted by atomic mass is 35.5. The minimum absolute atomic E-state index is 0.209. The monoisotopic (exact) mass is 408 g/mol. The number of thioether (sulfide) groups is 1. The lowest BCUT2D eigenvalue weighted by atomic mass is 10.2. The molecule has 2 heterocycles. The fourth-order valence-corrected chi connectivity index (χ4v) is 4.69. The highest BCUT2D eigenvalue weighted by Crippen LogP contribution is 2.35. The van der Waals surface area contributed by atoms with Crippen molar-refractivity contribution in [3.8, 4) is 0 Å². The number of aromatic nitrogens is 2. The van der Waals surface area contributed by atoms with Crippen LogP contribution in [0.1, 0.15) is 20.8 Å². The molecule has 5 nitrogen and oxygen atoms in total. The number of esters is 1. The second kappa shape index (κ2) is 8.81. The molecule has 0 aliphatic rings. The third-order valence-electron chi connectivity index (χ3n) is 3.64. The number of aryl methyl sites for hydroxylation is 1. The second-order valence-electron chi connectivity index (χ2n) is 5.44. The van der Waals surface area contributed by atoms with Crippen LogP contribution >= 0.6 is 34.7 Å². The summed E-state index contributed by atoms with van der Waals surface area (Å²) < 4.78 is 10.1. The number of nitrogens with zero attached hydrogens (tertiary/aromatic N) is 2. The maximum absolute atomic E-state index is 12.3. The lowest BCUT2D eigenvalue weighted by molar-refractivity contribution is 0.0393. The second-order valence-corrected chi connectivity index (χ2v) is 7.74. The van der Waals surface area contributed by atoms with Gasteiger partial charge >= 0.3 is 5.97 Å². The molecule has 0 spiro atoms. The summed E-state index contributed by atoms with van der Waals surface area (Å²) >= 11 is 9.15. The molecular formula is C18H17ClN2O3S2. The normalized spacial score (nSPS) is 11.0. The highest BCUT2D eigenvalue weighted by molar-refractivity contribution is 7.98. The van der Waals surface area contributed by atoms with Gasteiger partial charge in [-0.3, -0.25) is 0 Å². The molecule has 2 aromatic heterocycles. The molecule has 136 valence electrons.